The number of hydrogen-bond acceptors (Lipinski definition) is 9. The number of hydrogen-bond donors (Lipinski definition) is 1. The molecule has 2 atom stereocenters. The zero-order chi connectivity index (χ0) is 36.6. The first kappa shape index (κ1) is 33.8. The average Bonchev–Trinajstić information content (AvgIpc) is 3.75. The molecule has 0 spiro atoms. The summed E-state index contributed by atoms with van der Waals surface area (Å²) >= 11 is 0. The van der Waals surface area contributed by atoms with Gasteiger partial charge in [-0.1, -0.05) is 42.0 Å². The summed E-state index contributed by atoms with van der Waals surface area (Å²) in [6.07, 6.45) is 9.20. The highest BCUT2D eigenvalue weighted by Crippen LogP contribution is 2.42. The fraction of sp³-hybridized carbons (Fsp3) is 0.238. The monoisotopic (exact) mass is 710 g/mol. The van der Waals surface area contributed by atoms with E-state index in [2.05, 4.69) is 36.2 Å². The number of benzene rings is 4. The summed E-state index contributed by atoms with van der Waals surface area (Å²) in [4.78, 5) is 40.2. The van der Waals surface area contributed by atoms with Crippen molar-refractivity contribution in [1.82, 2.24) is 9.80 Å². The van der Waals surface area contributed by atoms with Gasteiger partial charge in [0.1, 0.15) is 5.75 Å². The number of phenolic OH excluding ortho intramolecular Hbond substituents is 1. The van der Waals surface area contributed by atoms with Crippen LogP contribution in [0.4, 0.5) is 11.4 Å². The second-order valence-corrected chi connectivity index (χ2v) is 13.3. The van der Waals surface area contributed by atoms with E-state index < -0.39 is 0 Å². The number of phenols is 1. The number of fused-ring (bicyclic) bond motifs is 4. The summed E-state index contributed by atoms with van der Waals surface area (Å²) in [5, 5.41) is 9.67. The van der Waals surface area contributed by atoms with Gasteiger partial charge < -0.3 is 33.9 Å². The number of aryl methyl sites for hydroxylation is 1. The van der Waals surface area contributed by atoms with Gasteiger partial charge in [0, 0.05) is 56.2 Å². The van der Waals surface area contributed by atoms with E-state index in [1.54, 1.807) is 59.5 Å². The number of rotatable bonds is 10. The molecule has 4 aromatic rings. The van der Waals surface area contributed by atoms with Crippen LogP contribution in [-0.4, -0.2) is 78.7 Å². The van der Waals surface area contributed by atoms with Gasteiger partial charge in [0.15, 0.2) is 23.0 Å². The maximum Gasteiger partial charge on any atom is 0.260 e. The predicted molar refractivity (Wildman–Crippen MR) is 202 cm³/mol. The summed E-state index contributed by atoms with van der Waals surface area (Å²) in [6.45, 7) is 2.66. The van der Waals surface area contributed by atoms with Crippen molar-refractivity contribution >= 4 is 46.8 Å². The molecule has 53 heavy (non-hydrogen) atoms. The van der Waals surface area contributed by atoms with Crippen LogP contribution in [0.1, 0.15) is 56.7 Å². The topological polar surface area (TPSA) is 122 Å². The quantitative estimate of drug-likeness (QED) is 0.169. The van der Waals surface area contributed by atoms with Crippen molar-refractivity contribution in [2.45, 2.75) is 38.3 Å². The second-order valence-electron chi connectivity index (χ2n) is 13.3. The van der Waals surface area contributed by atoms with Crippen molar-refractivity contribution in [1.29, 1.82) is 0 Å². The zero-order valence-corrected chi connectivity index (χ0v) is 29.6. The van der Waals surface area contributed by atoms with Gasteiger partial charge in [0.25, 0.3) is 11.8 Å². The molecule has 0 fully saturated rings. The SMILES string of the molecule is COc1cc2c(cc1OCCCOc1cc3c(cc1OC)C(=O)N1C=C(c4ccc(O)cc4)CC1C=N3)N=CC1CC(c3ccc(C)cc3)=CN1C2=O. The maximum absolute atomic E-state index is 13.7. The Morgan fingerprint density at radius 2 is 1.11 bits per heavy atom. The molecule has 11 heteroatoms. The Hall–Kier alpha value is -6.36. The number of amides is 2. The summed E-state index contributed by atoms with van der Waals surface area (Å²) < 4.78 is 23.5. The molecule has 0 aromatic heterocycles. The normalized spacial score (nSPS) is 18.3. The highest BCUT2D eigenvalue weighted by Gasteiger charge is 2.35. The third-order valence-corrected chi connectivity index (χ3v) is 9.89. The molecule has 11 nitrogen and oxygen atoms in total. The third kappa shape index (κ3) is 6.50. The molecule has 268 valence electrons. The van der Waals surface area contributed by atoms with Crippen LogP contribution < -0.4 is 18.9 Å². The molecule has 4 heterocycles. The number of ether oxygens (including phenoxy) is 4. The van der Waals surface area contributed by atoms with Crippen LogP contribution in [0.25, 0.3) is 11.1 Å². The molecule has 4 aromatic carbocycles. The van der Waals surface area contributed by atoms with Gasteiger partial charge in [-0.05, 0) is 53.5 Å². The molecule has 8 rings (SSSR count). The fourth-order valence-electron chi connectivity index (χ4n) is 7.01. The van der Waals surface area contributed by atoms with E-state index in [4.69, 9.17) is 23.9 Å². The lowest BCUT2D eigenvalue weighted by Gasteiger charge is -2.19. The molecule has 2 unspecified atom stereocenters. The highest BCUT2D eigenvalue weighted by molar-refractivity contribution is 6.06. The van der Waals surface area contributed by atoms with Crippen LogP contribution in [0.3, 0.4) is 0 Å². The van der Waals surface area contributed by atoms with Gasteiger partial charge in [0.2, 0.25) is 0 Å². The number of aliphatic imine (C=N–C) groups is 2. The Morgan fingerprint density at radius 3 is 1.57 bits per heavy atom. The summed E-state index contributed by atoms with van der Waals surface area (Å²) in [6, 6.07) is 21.7. The molecule has 4 aliphatic heterocycles. The van der Waals surface area contributed by atoms with E-state index in [0.29, 0.717) is 78.0 Å². The van der Waals surface area contributed by atoms with Gasteiger partial charge in [-0.3, -0.25) is 19.6 Å². The summed E-state index contributed by atoms with van der Waals surface area (Å²) in [7, 11) is 3.08. The predicted octanol–water partition coefficient (Wildman–Crippen LogP) is 7.51. The van der Waals surface area contributed by atoms with E-state index in [1.807, 2.05) is 30.7 Å². The van der Waals surface area contributed by atoms with Crippen LogP contribution >= 0.6 is 0 Å². The van der Waals surface area contributed by atoms with Crippen LogP contribution in [0.2, 0.25) is 0 Å². The van der Waals surface area contributed by atoms with Crippen molar-refractivity contribution in [3.8, 4) is 28.7 Å². The highest BCUT2D eigenvalue weighted by atomic mass is 16.5. The Kier molecular flexibility index (Phi) is 8.91. The molecule has 0 radical (unpaired) electrons. The molecule has 0 bridgehead atoms. The molecular weight excluding hydrogens is 672 g/mol. The summed E-state index contributed by atoms with van der Waals surface area (Å²) in [5.41, 5.74) is 7.20. The van der Waals surface area contributed by atoms with Crippen LogP contribution in [0, 0.1) is 6.92 Å². The van der Waals surface area contributed by atoms with Crippen LogP contribution in [0.15, 0.2) is 95.2 Å². The Balaban J connectivity index is 0.913. The average molecular weight is 711 g/mol. The lowest BCUT2D eigenvalue weighted by Crippen LogP contribution is -2.32. The molecule has 2 amide bonds. The lowest BCUT2D eigenvalue weighted by atomic mass is 10.0. The molecule has 0 aliphatic carbocycles. The fourth-order valence-corrected chi connectivity index (χ4v) is 7.01. The van der Waals surface area contributed by atoms with E-state index >= 15 is 0 Å². The zero-order valence-electron chi connectivity index (χ0n) is 29.6. The Morgan fingerprint density at radius 1 is 0.660 bits per heavy atom. The largest absolute Gasteiger partial charge is 0.508 e. The minimum absolute atomic E-state index is 0.140. The molecular formula is C42H38N4O7. The van der Waals surface area contributed by atoms with Gasteiger partial charge >= 0.3 is 0 Å². The lowest BCUT2D eigenvalue weighted by molar-refractivity contribution is 0.0809. The molecule has 4 aliphatic rings. The van der Waals surface area contributed by atoms with Crippen molar-refractivity contribution in [2.24, 2.45) is 9.98 Å². The van der Waals surface area contributed by atoms with E-state index in [-0.39, 0.29) is 29.6 Å². The van der Waals surface area contributed by atoms with Crippen molar-refractivity contribution in [3.05, 3.63) is 113 Å². The smallest absolute Gasteiger partial charge is 0.260 e. The standard InChI is InChI=1S/C42H38N4O7/c1-25-5-7-26(8-6-25)28-15-30-21-43-35-19-39(37(50-2)17-33(35)41(48)45(30)23-28)52-13-4-14-53-40-20-36-34(18-38(40)51-3)42(49)46-24-29(16-31(46)22-44-36)27-9-11-32(47)12-10-27/h5-12,17-24,30-31,47H,4,13-16H2,1-3H3. The van der Waals surface area contributed by atoms with Gasteiger partial charge in [-0.25, -0.2) is 0 Å². The summed E-state index contributed by atoms with van der Waals surface area (Å²) in [5.74, 6) is 1.68. The molecule has 0 saturated heterocycles. The van der Waals surface area contributed by atoms with Gasteiger partial charge in [0.05, 0.1) is 62.0 Å². The van der Waals surface area contributed by atoms with E-state index in [0.717, 1.165) is 22.3 Å². The number of methoxy groups -OCH3 is 2. The van der Waals surface area contributed by atoms with E-state index in [9.17, 15) is 14.7 Å². The number of nitrogens with zero attached hydrogens (tertiary/aromatic N) is 4. The van der Waals surface area contributed by atoms with Crippen LogP contribution in [-0.2, 0) is 0 Å². The second kappa shape index (κ2) is 14.0. The number of carbonyl (C=O) groups excluding carboxylic acids is 2. The Bertz CT molecular complexity index is 2070. The van der Waals surface area contributed by atoms with Crippen molar-refractivity contribution < 1.29 is 33.6 Å². The third-order valence-electron chi connectivity index (χ3n) is 9.89. The molecule has 0 saturated carbocycles. The minimum atomic E-state index is -0.231. The van der Waals surface area contributed by atoms with Gasteiger partial charge in [-0.2, -0.15) is 0 Å². The first-order valence-corrected chi connectivity index (χ1v) is 17.5. The number of aromatic hydroxyl groups is 1. The first-order chi connectivity index (χ1) is 25.8. The van der Waals surface area contributed by atoms with E-state index in [1.165, 1.54) is 12.7 Å². The Labute approximate surface area is 307 Å². The first-order valence-electron chi connectivity index (χ1n) is 17.5. The van der Waals surface area contributed by atoms with Crippen molar-refractivity contribution in [2.75, 3.05) is 27.4 Å². The maximum atomic E-state index is 13.7. The van der Waals surface area contributed by atoms with Gasteiger partial charge in [-0.15, -0.1) is 0 Å². The minimum Gasteiger partial charge on any atom is -0.508 e. The van der Waals surface area contributed by atoms with Crippen LogP contribution in [0.5, 0.6) is 28.7 Å². The number of carbonyl (C=O) groups is 2. The molecule has 1 N–H and O–H groups in total. The van der Waals surface area contributed by atoms with Crippen molar-refractivity contribution in [3.63, 3.8) is 0 Å².